The maximum absolute atomic E-state index is 12.0. The fraction of sp³-hybridized carbons (Fsp3) is 0.500. The van der Waals surface area contributed by atoms with E-state index in [0.717, 1.165) is 11.1 Å². The van der Waals surface area contributed by atoms with E-state index in [1.54, 1.807) is 0 Å². The minimum absolute atomic E-state index is 0.110. The number of hydrogen-bond donors (Lipinski definition) is 2. The number of carbonyl (C=O) groups is 3. The quantitative estimate of drug-likeness (QED) is 0.820. The second-order valence-electron chi connectivity index (χ2n) is 7.11. The number of piperidine rings is 1. The number of carbonyl (C=O) groups excluding carboxylic acids is 3. The van der Waals surface area contributed by atoms with Gasteiger partial charge < -0.3 is 10.1 Å². The maximum atomic E-state index is 12.0. The summed E-state index contributed by atoms with van der Waals surface area (Å²) in [5, 5.41) is 4.81. The van der Waals surface area contributed by atoms with Gasteiger partial charge in [-0.25, -0.2) is 0 Å². The molecular weight excluding hydrogens is 308 g/mol. The Hall–Kier alpha value is -2.37. The number of rotatable bonds is 4. The Morgan fingerprint density at radius 2 is 2.04 bits per heavy atom. The van der Waals surface area contributed by atoms with E-state index in [0.29, 0.717) is 12.2 Å². The van der Waals surface area contributed by atoms with Crippen LogP contribution in [0.1, 0.15) is 44.7 Å². The van der Waals surface area contributed by atoms with Gasteiger partial charge in [-0.1, -0.05) is 38.5 Å². The molecule has 1 aromatic carbocycles. The van der Waals surface area contributed by atoms with Crippen LogP contribution in [-0.4, -0.2) is 30.4 Å². The second kappa shape index (κ2) is 7.03. The van der Waals surface area contributed by atoms with Crippen molar-refractivity contribution in [2.45, 2.75) is 52.0 Å². The minimum atomic E-state index is -0.682. The summed E-state index contributed by atoms with van der Waals surface area (Å²) in [6.07, 6.45) is 0.540. The molecule has 1 heterocycles. The van der Waals surface area contributed by atoms with Crippen LogP contribution in [0.3, 0.4) is 0 Å². The van der Waals surface area contributed by atoms with E-state index in [1.165, 1.54) is 0 Å². The van der Waals surface area contributed by atoms with Crippen LogP contribution in [-0.2, 0) is 19.8 Å². The first kappa shape index (κ1) is 18.0. The van der Waals surface area contributed by atoms with Gasteiger partial charge in [0.05, 0.1) is 0 Å². The van der Waals surface area contributed by atoms with E-state index >= 15 is 0 Å². The van der Waals surface area contributed by atoms with Crippen molar-refractivity contribution in [3.8, 4) is 5.75 Å². The van der Waals surface area contributed by atoms with Crippen LogP contribution in [0.25, 0.3) is 0 Å². The van der Waals surface area contributed by atoms with Gasteiger partial charge in [0.15, 0.2) is 6.61 Å². The minimum Gasteiger partial charge on any atom is -0.483 e. The topological polar surface area (TPSA) is 84.5 Å². The van der Waals surface area contributed by atoms with Gasteiger partial charge in [0.2, 0.25) is 11.8 Å². The Bertz CT molecular complexity index is 661. The molecule has 1 saturated heterocycles. The van der Waals surface area contributed by atoms with Crippen molar-refractivity contribution < 1.29 is 19.1 Å². The largest absolute Gasteiger partial charge is 0.483 e. The third-order valence-corrected chi connectivity index (χ3v) is 3.88. The zero-order chi connectivity index (χ0) is 17.9. The smallest absolute Gasteiger partial charge is 0.258 e. The fourth-order valence-electron chi connectivity index (χ4n) is 2.57. The first-order valence-corrected chi connectivity index (χ1v) is 8.04. The van der Waals surface area contributed by atoms with E-state index in [2.05, 4.69) is 31.4 Å². The average molecular weight is 332 g/mol. The summed E-state index contributed by atoms with van der Waals surface area (Å²) in [5.41, 5.74) is 2.04. The molecular formula is C18H24N2O4. The van der Waals surface area contributed by atoms with Crippen LogP contribution in [0.4, 0.5) is 0 Å². The maximum Gasteiger partial charge on any atom is 0.258 e. The Morgan fingerprint density at radius 3 is 2.67 bits per heavy atom. The molecule has 1 aromatic rings. The van der Waals surface area contributed by atoms with E-state index < -0.39 is 11.9 Å². The molecule has 130 valence electrons. The molecule has 6 nitrogen and oxygen atoms in total. The number of hydrogen-bond acceptors (Lipinski definition) is 4. The summed E-state index contributed by atoms with van der Waals surface area (Å²) in [4.78, 5) is 34.8. The molecule has 2 N–H and O–H groups in total. The van der Waals surface area contributed by atoms with Crippen molar-refractivity contribution in [2.24, 2.45) is 0 Å². The number of aryl methyl sites for hydroxylation is 1. The highest BCUT2D eigenvalue weighted by Gasteiger charge is 2.28. The van der Waals surface area contributed by atoms with Crippen molar-refractivity contribution in [1.29, 1.82) is 0 Å². The third-order valence-electron chi connectivity index (χ3n) is 3.88. The van der Waals surface area contributed by atoms with Gasteiger partial charge in [-0.2, -0.15) is 0 Å². The fourth-order valence-corrected chi connectivity index (χ4v) is 2.57. The van der Waals surface area contributed by atoms with Gasteiger partial charge >= 0.3 is 0 Å². The van der Waals surface area contributed by atoms with Crippen LogP contribution in [0, 0.1) is 6.92 Å². The van der Waals surface area contributed by atoms with Crippen molar-refractivity contribution in [3.05, 3.63) is 29.3 Å². The van der Waals surface area contributed by atoms with Gasteiger partial charge in [-0.05, 0) is 30.4 Å². The van der Waals surface area contributed by atoms with Gasteiger partial charge in [-0.3, -0.25) is 19.7 Å². The number of nitrogens with one attached hydrogen (secondary N) is 2. The summed E-state index contributed by atoms with van der Waals surface area (Å²) in [6.45, 7) is 8.08. The monoisotopic (exact) mass is 332 g/mol. The molecule has 0 aromatic heterocycles. The van der Waals surface area contributed by atoms with Crippen LogP contribution in [0.15, 0.2) is 18.2 Å². The highest BCUT2D eigenvalue weighted by molar-refractivity contribution is 6.01. The number of ether oxygens (including phenoxy) is 1. The lowest BCUT2D eigenvalue weighted by Gasteiger charge is -2.24. The van der Waals surface area contributed by atoms with Gasteiger partial charge in [-0.15, -0.1) is 0 Å². The van der Waals surface area contributed by atoms with Crippen molar-refractivity contribution >= 4 is 17.7 Å². The summed E-state index contributed by atoms with van der Waals surface area (Å²) in [6, 6.07) is 5.16. The molecule has 1 atom stereocenters. The molecule has 1 fully saturated rings. The molecule has 2 rings (SSSR count). The zero-order valence-corrected chi connectivity index (χ0v) is 14.6. The summed E-state index contributed by atoms with van der Waals surface area (Å²) in [5.74, 6) is -0.502. The molecule has 6 heteroatoms. The Kier molecular flexibility index (Phi) is 5.26. The Morgan fingerprint density at radius 1 is 1.33 bits per heavy atom. The molecule has 1 unspecified atom stereocenters. The molecule has 1 aliphatic heterocycles. The van der Waals surface area contributed by atoms with E-state index in [9.17, 15) is 14.4 Å². The third kappa shape index (κ3) is 4.57. The van der Waals surface area contributed by atoms with Crippen LogP contribution >= 0.6 is 0 Å². The highest BCUT2D eigenvalue weighted by atomic mass is 16.5. The van der Waals surface area contributed by atoms with Crippen LogP contribution in [0.5, 0.6) is 5.75 Å². The van der Waals surface area contributed by atoms with Gasteiger partial charge in [0, 0.05) is 6.42 Å². The van der Waals surface area contributed by atoms with E-state index in [-0.39, 0.29) is 30.3 Å². The number of amides is 3. The standard InChI is InChI=1S/C18H24N2O4/c1-11-5-7-14(12(9-11)18(2,3)4)24-10-16(22)19-13-6-8-15(21)20-17(13)23/h5,7,9,13H,6,8,10H2,1-4H3,(H,19,22)(H,20,21,23). The molecule has 1 aliphatic rings. The van der Waals surface area contributed by atoms with Gasteiger partial charge in [0.25, 0.3) is 5.91 Å². The summed E-state index contributed by atoms with van der Waals surface area (Å²) < 4.78 is 5.67. The summed E-state index contributed by atoms with van der Waals surface area (Å²) >= 11 is 0. The number of imide groups is 1. The van der Waals surface area contributed by atoms with Crippen molar-refractivity contribution in [2.75, 3.05) is 6.61 Å². The second-order valence-corrected chi connectivity index (χ2v) is 7.11. The predicted molar refractivity (Wildman–Crippen MR) is 89.7 cm³/mol. The van der Waals surface area contributed by atoms with Crippen molar-refractivity contribution in [3.63, 3.8) is 0 Å². The summed E-state index contributed by atoms with van der Waals surface area (Å²) in [7, 11) is 0. The Balaban J connectivity index is 1.97. The molecule has 0 saturated carbocycles. The lowest BCUT2D eigenvalue weighted by molar-refractivity contribution is -0.137. The molecule has 0 radical (unpaired) electrons. The zero-order valence-electron chi connectivity index (χ0n) is 14.6. The first-order valence-electron chi connectivity index (χ1n) is 8.04. The highest BCUT2D eigenvalue weighted by Crippen LogP contribution is 2.32. The average Bonchev–Trinajstić information content (AvgIpc) is 2.48. The normalized spacial score (nSPS) is 18.1. The lowest BCUT2D eigenvalue weighted by atomic mass is 9.85. The molecule has 0 bridgehead atoms. The van der Waals surface area contributed by atoms with E-state index in [1.807, 2.05) is 25.1 Å². The van der Waals surface area contributed by atoms with Crippen LogP contribution < -0.4 is 15.4 Å². The van der Waals surface area contributed by atoms with E-state index in [4.69, 9.17) is 4.74 Å². The van der Waals surface area contributed by atoms with Gasteiger partial charge in [0.1, 0.15) is 11.8 Å². The molecule has 0 spiro atoms. The number of benzene rings is 1. The lowest BCUT2D eigenvalue weighted by Crippen LogP contribution is -2.53. The molecule has 3 amide bonds. The molecule has 0 aliphatic carbocycles. The predicted octanol–water partition coefficient (Wildman–Crippen LogP) is 1.59. The molecule has 24 heavy (non-hydrogen) atoms. The van der Waals surface area contributed by atoms with Crippen molar-refractivity contribution in [1.82, 2.24) is 10.6 Å². The first-order chi connectivity index (χ1) is 11.2. The Labute approximate surface area is 142 Å². The van der Waals surface area contributed by atoms with Crippen LogP contribution in [0.2, 0.25) is 0 Å². The SMILES string of the molecule is Cc1ccc(OCC(=O)NC2CCC(=O)NC2=O)c(C(C)(C)C)c1.